The first-order valence-corrected chi connectivity index (χ1v) is 10.1. The Kier molecular flexibility index (Phi) is 6.34. The van der Waals surface area contributed by atoms with E-state index in [0.717, 1.165) is 44.0 Å². The van der Waals surface area contributed by atoms with Gasteiger partial charge in [-0.25, -0.2) is 0 Å². The summed E-state index contributed by atoms with van der Waals surface area (Å²) in [5.41, 5.74) is 2.09. The van der Waals surface area contributed by atoms with Gasteiger partial charge in [0.1, 0.15) is 5.75 Å². The number of nitrogens with zero attached hydrogens (tertiary/aromatic N) is 5. The molecule has 4 rings (SSSR count). The van der Waals surface area contributed by atoms with Crippen LogP contribution in [0, 0.1) is 0 Å². The molecule has 0 unspecified atom stereocenters. The van der Waals surface area contributed by atoms with Crippen LogP contribution in [0.5, 0.6) is 5.75 Å². The quantitative estimate of drug-likeness (QED) is 0.595. The molecule has 8 nitrogen and oxygen atoms in total. The van der Waals surface area contributed by atoms with Gasteiger partial charge in [0.05, 0.1) is 7.11 Å². The smallest absolute Gasteiger partial charge is 0.227 e. The standard InChI is InChI=1S/C22H25N5O3/c1-29-19-4-2-18(3-5-19)22-24-20(30-25-22)6-7-21(28)27-14-12-26(13-15-27)16-17-8-10-23-11-9-17/h2-5,8-11H,6-7,12-16H2,1H3. The van der Waals surface area contributed by atoms with Crippen molar-refractivity contribution in [2.75, 3.05) is 33.3 Å². The molecule has 1 saturated heterocycles. The molecule has 0 radical (unpaired) electrons. The van der Waals surface area contributed by atoms with Gasteiger partial charge >= 0.3 is 0 Å². The van der Waals surface area contributed by atoms with Crippen molar-refractivity contribution in [1.29, 1.82) is 0 Å². The van der Waals surface area contributed by atoms with Gasteiger partial charge < -0.3 is 14.2 Å². The molecule has 0 atom stereocenters. The molecular weight excluding hydrogens is 382 g/mol. The molecule has 0 aliphatic carbocycles. The summed E-state index contributed by atoms with van der Waals surface area (Å²) in [5.74, 6) is 1.90. The summed E-state index contributed by atoms with van der Waals surface area (Å²) in [6, 6.07) is 11.5. The number of carbonyl (C=O) groups excluding carboxylic acids is 1. The van der Waals surface area contributed by atoms with Gasteiger partial charge in [0.2, 0.25) is 17.6 Å². The first-order valence-electron chi connectivity index (χ1n) is 10.1. The fourth-order valence-electron chi connectivity index (χ4n) is 3.49. The molecule has 8 heteroatoms. The van der Waals surface area contributed by atoms with E-state index in [9.17, 15) is 4.79 Å². The number of methoxy groups -OCH3 is 1. The number of rotatable bonds is 7. The van der Waals surface area contributed by atoms with Gasteiger partial charge in [-0.2, -0.15) is 4.98 Å². The summed E-state index contributed by atoms with van der Waals surface area (Å²) in [7, 11) is 1.62. The minimum atomic E-state index is 0.128. The maximum atomic E-state index is 12.6. The van der Waals surface area contributed by atoms with Crippen LogP contribution >= 0.6 is 0 Å². The van der Waals surface area contributed by atoms with Crippen molar-refractivity contribution in [3.05, 3.63) is 60.2 Å². The number of piperazine rings is 1. The average Bonchev–Trinajstić information content (AvgIpc) is 3.28. The third-order valence-corrected chi connectivity index (χ3v) is 5.25. The van der Waals surface area contributed by atoms with E-state index in [-0.39, 0.29) is 5.91 Å². The number of ether oxygens (including phenoxy) is 1. The number of carbonyl (C=O) groups is 1. The minimum Gasteiger partial charge on any atom is -0.497 e. The van der Waals surface area contributed by atoms with Crippen LogP contribution in [-0.4, -0.2) is 64.1 Å². The second kappa shape index (κ2) is 9.49. The fraction of sp³-hybridized carbons (Fsp3) is 0.364. The zero-order chi connectivity index (χ0) is 20.8. The Morgan fingerprint density at radius 2 is 1.80 bits per heavy atom. The summed E-state index contributed by atoms with van der Waals surface area (Å²) in [5, 5.41) is 4.02. The highest BCUT2D eigenvalue weighted by Gasteiger charge is 2.21. The van der Waals surface area contributed by atoms with Crippen LogP contribution in [0.15, 0.2) is 53.3 Å². The number of aryl methyl sites for hydroxylation is 1. The van der Waals surface area contributed by atoms with Crippen molar-refractivity contribution in [3.63, 3.8) is 0 Å². The van der Waals surface area contributed by atoms with Gasteiger partial charge in [0.15, 0.2) is 0 Å². The maximum Gasteiger partial charge on any atom is 0.227 e. The summed E-state index contributed by atoms with van der Waals surface area (Å²) in [6.45, 7) is 4.11. The monoisotopic (exact) mass is 407 g/mol. The molecule has 0 spiro atoms. The van der Waals surface area contributed by atoms with E-state index < -0.39 is 0 Å². The summed E-state index contributed by atoms with van der Waals surface area (Å²) < 4.78 is 10.5. The first kappa shape index (κ1) is 20.0. The number of aromatic nitrogens is 3. The van der Waals surface area contributed by atoms with E-state index in [1.165, 1.54) is 5.56 Å². The van der Waals surface area contributed by atoms with E-state index in [0.29, 0.717) is 24.6 Å². The first-order chi connectivity index (χ1) is 14.7. The molecule has 3 heterocycles. The topological polar surface area (TPSA) is 84.6 Å². The molecule has 30 heavy (non-hydrogen) atoms. The van der Waals surface area contributed by atoms with Gasteiger partial charge in [-0.15, -0.1) is 0 Å². The predicted octanol–water partition coefficient (Wildman–Crippen LogP) is 2.42. The minimum absolute atomic E-state index is 0.128. The van der Waals surface area contributed by atoms with E-state index >= 15 is 0 Å². The van der Waals surface area contributed by atoms with Crippen LogP contribution in [0.2, 0.25) is 0 Å². The zero-order valence-electron chi connectivity index (χ0n) is 17.0. The van der Waals surface area contributed by atoms with Crippen molar-refractivity contribution >= 4 is 5.91 Å². The molecule has 1 fully saturated rings. The Morgan fingerprint density at radius 1 is 1.07 bits per heavy atom. The molecule has 0 bridgehead atoms. The number of benzene rings is 1. The summed E-state index contributed by atoms with van der Waals surface area (Å²) in [6.07, 6.45) is 4.44. The summed E-state index contributed by atoms with van der Waals surface area (Å²) in [4.78, 5) is 25.3. The van der Waals surface area contributed by atoms with Crippen molar-refractivity contribution < 1.29 is 14.1 Å². The van der Waals surface area contributed by atoms with E-state index in [1.54, 1.807) is 7.11 Å². The third kappa shape index (κ3) is 5.01. The number of hydrogen-bond acceptors (Lipinski definition) is 7. The molecule has 3 aromatic rings. The van der Waals surface area contributed by atoms with Crippen molar-refractivity contribution in [2.24, 2.45) is 0 Å². The molecule has 1 aromatic carbocycles. The normalized spacial score (nSPS) is 14.6. The molecule has 1 amide bonds. The molecule has 1 aliphatic heterocycles. The Hall–Kier alpha value is -3.26. The molecule has 156 valence electrons. The lowest BCUT2D eigenvalue weighted by Crippen LogP contribution is -2.48. The maximum absolute atomic E-state index is 12.6. The number of pyridine rings is 1. The van der Waals surface area contributed by atoms with Gasteiger partial charge in [0, 0.05) is 63.5 Å². The van der Waals surface area contributed by atoms with E-state index in [4.69, 9.17) is 9.26 Å². The lowest BCUT2D eigenvalue weighted by atomic mass is 10.2. The van der Waals surface area contributed by atoms with Crippen LogP contribution in [0.4, 0.5) is 0 Å². The average molecular weight is 407 g/mol. The van der Waals surface area contributed by atoms with Gasteiger partial charge in [0.25, 0.3) is 0 Å². The lowest BCUT2D eigenvalue weighted by molar-refractivity contribution is -0.133. The second-order valence-electron chi connectivity index (χ2n) is 7.25. The molecule has 0 N–H and O–H groups in total. The third-order valence-electron chi connectivity index (χ3n) is 5.25. The van der Waals surface area contributed by atoms with Crippen LogP contribution in [0.1, 0.15) is 17.9 Å². The SMILES string of the molecule is COc1ccc(-c2noc(CCC(=O)N3CCN(Cc4ccncc4)CC3)n2)cc1. The van der Waals surface area contributed by atoms with Crippen LogP contribution in [-0.2, 0) is 17.8 Å². The second-order valence-corrected chi connectivity index (χ2v) is 7.25. The summed E-state index contributed by atoms with van der Waals surface area (Å²) >= 11 is 0. The van der Waals surface area contributed by atoms with Crippen molar-refractivity contribution in [1.82, 2.24) is 24.9 Å². The van der Waals surface area contributed by atoms with Crippen molar-refractivity contribution in [3.8, 4) is 17.1 Å². The van der Waals surface area contributed by atoms with Crippen LogP contribution < -0.4 is 4.74 Å². The fourth-order valence-corrected chi connectivity index (χ4v) is 3.49. The van der Waals surface area contributed by atoms with Gasteiger partial charge in [-0.1, -0.05) is 5.16 Å². The largest absolute Gasteiger partial charge is 0.497 e. The number of hydrogen-bond donors (Lipinski definition) is 0. The Morgan fingerprint density at radius 3 is 2.50 bits per heavy atom. The predicted molar refractivity (Wildman–Crippen MR) is 111 cm³/mol. The highest BCUT2D eigenvalue weighted by atomic mass is 16.5. The highest BCUT2D eigenvalue weighted by molar-refractivity contribution is 5.76. The van der Waals surface area contributed by atoms with Gasteiger partial charge in [-0.05, 0) is 42.0 Å². The van der Waals surface area contributed by atoms with Gasteiger partial charge in [-0.3, -0.25) is 14.7 Å². The van der Waals surface area contributed by atoms with Crippen LogP contribution in [0.3, 0.4) is 0 Å². The molecule has 2 aromatic heterocycles. The Balaban J connectivity index is 1.24. The van der Waals surface area contributed by atoms with Crippen molar-refractivity contribution in [2.45, 2.75) is 19.4 Å². The van der Waals surface area contributed by atoms with E-state index in [2.05, 4.69) is 20.0 Å². The molecular formula is C22H25N5O3. The highest BCUT2D eigenvalue weighted by Crippen LogP contribution is 2.20. The lowest BCUT2D eigenvalue weighted by Gasteiger charge is -2.34. The van der Waals surface area contributed by atoms with Crippen LogP contribution in [0.25, 0.3) is 11.4 Å². The van der Waals surface area contributed by atoms with E-state index in [1.807, 2.05) is 53.7 Å². The Labute approximate surface area is 175 Å². The molecule has 0 saturated carbocycles. The Bertz CT molecular complexity index is 950. The zero-order valence-corrected chi connectivity index (χ0v) is 17.0. The number of amides is 1. The molecule has 1 aliphatic rings.